The Morgan fingerprint density at radius 1 is 1.09 bits per heavy atom. The lowest BCUT2D eigenvalue weighted by molar-refractivity contribution is 0.242. The molecule has 0 aliphatic rings. The van der Waals surface area contributed by atoms with Crippen LogP contribution in [0.3, 0.4) is 0 Å². The largest absolute Gasteiger partial charge is 0.491 e. The number of benzene rings is 1. The summed E-state index contributed by atoms with van der Waals surface area (Å²) in [5.74, 6) is 0.899. The highest BCUT2D eigenvalue weighted by Gasteiger charge is 2.05. The fourth-order valence-corrected chi connectivity index (χ4v) is 2.31. The monoisotopic (exact) mass is 298 g/mol. The van der Waals surface area contributed by atoms with Crippen LogP contribution in [-0.2, 0) is 6.54 Å². The first-order valence-electron chi connectivity index (χ1n) is 8.04. The van der Waals surface area contributed by atoms with Gasteiger partial charge in [0.05, 0.1) is 11.8 Å². The first kappa shape index (κ1) is 16.5. The highest BCUT2D eigenvalue weighted by molar-refractivity contribution is 5.60. The molecule has 0 unspecified atom stereocenters. The maximum absolute atomic E-state index is 5.67. The number of ether oxygens (including phenoxy) is 1. The third-order valence-electron chi connectivity index (χ3n) is 3.46. The third kappa shape index (κ3) is 4.57. The van der Waals surface area contributed by atoms with Crippen molar-refractivity contribution in [2.24, 2.45) is 0 Å². The second-order valence-electron chi connectivity index (χ2n) is 5.81. The Labute approximate surface area is 133 Å². The van der Waals surface area contributed by atoms with E-state index in [-0.39, 0.29) is 6.10 Å². The Bertz CT molecular complexity index is 591. The van der Waals surface area contributed by atoms with Crippen LogP contribution in [-0.4, -0.2) is 17.6 Å². The van der Waals surface area contributed by atoms with Crippen LogP contribution in [0.25, 0.3) is 11.3 Å². The Balaban J connectivity index is 2.10. The molecule has 0 radical (unpaired) electrons. The van der Waals surface area contributed by atoms with Crippen molar-refractivity contribution in [2.45, 2.75) is 46.8 Å². The molecule has 0 aliphatic carbocycles. The molecular weight excluding hydrogens is 272 g/mol. The lowest BCUT2D eigenvalue weighted by Gasteiger charge is -2.11. The molecule has 22 heavy (non-hydrogen) atoms. The smallest absolute Gasteiger partial charge is 0.119 e. The lowest BCUT2D eigenvalue weighted by Crippen LogP contribution is -2.15. The van der Waals surface area contributed by atoms with Crippen LogP contribution in [0.4, 0.5) is 0 Å². The zero-order chi connectivity index (χ0) is 15.9. The molecule has 118 valence electrons. The molecule has 0 amide bonds. The number of rotatable bonds is 7. The zero-order valence-electron chi connectivity index (χ0n) is 14.0. The van der Waals surface area contributed by atoms with E-state index in [1.807, 2.05) is 26.0 Å². The zero-order valence-corrected chi connectivity index (χ0v) is 14.0. The summed E-state index contributed by atoms with van der Waals surface area (Å²) >= 11 is 0. The lowest BCUT2D eigenvalue weighted by atomic mass is 10.1. The van der Waals surface area contributed by atoms with Gasteiger partial charge in [0.1, 0.15) is 5.75 Å². The standard InChI is InChI=1S/C19H26N2O/c1-5-12-20-13-17-8-11-19(21-15(17)4)16-6-9-18(10-7-16)22-14(2)3/h6-11,14,20H,5,12-13H2,1-4H3. The van der Waals surface area contributed by atoms with Gasteiger partial charge in [-0.1, -0.05) is 13.0 Å². The van der Waals surface area contributed by atoms with Crippen molar-refractivity contribution in [3.05, 3.63) is 47.7 Å². The second-order valence-corrected chi connectivity index (χ2v) is 5.81. The maximum atomic E-state index is 5.67. The molecule has 0 atom stereocenters. The minimum absolute atomic E-state index is 0.195. The van der Waals surface area contributed by atoms with Gasteiger partial charge in [-0.15, -0.1) is 0 Å². The van der Waals surface area contributed by atoms with Gasteiger partial charge in [0, 0.05) is 17.8 Å². The van der Waals surface area contributed by atoms with Gasteiger partial charge in [-0.05, 0) is 69.6 Å². The van der Waals surface area contributed by atoms with Gasteiger partial charge >= 0.3 is 0 Å². The van der Waals surface area contributed by atoms with Crippen LogP contribution in [0.15, 0.2) is 36.4 Å². The van der Waals surface area contributed by atoms with E-state index in [9.17, 15) is 0 Å². The quantitative estimate of drug-likeness (QED) is 0.772. The molecule has 2 rings (SSSR count). The Kier molecular flexibility index (Phi) is 5.96. The van der Waals surface area contributed by atoms with E-state index >= 15 is 0 Å². The minimum atomic E-state index is 0.195. The van der Waals surface area contributed by atoms with Crippen molar-refractivity contribution in [3.8, 4) is 17.0 Å². The molecule has 1 aromatic heterocycles. The number of aryl methyl sites for hydroxylation is 1. The normalized spacial score (nSPS) is 11.0. The van der Waals surface area contributed by atoms with Crippen LogP contribution in [0.2, 0.25) is 0 Å². The van der Waals surface area contributed by atoms with Gasteiger partial charge in [-0.2, -0.15) is 0 Å². The number of pyridine rings is 1. The molecule has 1 N–H and O–H groups in total. The molecule has 0 saturated heterocycles. The molecule has 1 heterocycles. The number of aromatic nitrogens is 1. The minimum Gasteiger partial charge on any atom is -0.491 e. The Morgan fingerprint density at radius 2 is 1.82 bits per heavy atom. The fourth-order valence-electron chi connectivity index (χ4n) is 2.31. The third-order valence-corrected chi connectivity index (χ3v) is 3.46. The SMILES string of the molecule is CCCNCc1ccc(-c2ccc(OC(C)C)cc2)nc1C. The number of nitrogens with one attached hydrogen (secondary N) is 1. The van der Waals surface area contributed by atoms with Crippen molar-refractivity contribution in [3.63, 3.8) is 0 Å². The van der Waals surface area contributed by atoms with E-state index in [1.54, 1.807) is 0 Å². The molecule has 0 aliphatic heterocycles. The van der Waals surface area contributed by atoms with Crippen molar-refractivity contribution in [2.75, 3.05) is 6.54 Å². The molecular formula is C19H26N2O. The average molecular weight is 298 g/mol. The van der Waals surface area contributed by atoms with E-state index in [0.717, 1.165) is 42.2 Å². The summed E-state index contributed by atoms with van der Waals surface area (Å²) in [6.45, 7) is 10.2. The van der Waals surface area contributed by atoms with Crippen LogP contribution in [0, 0.1) is 6.92 Å². The summed E-state index contributed by atoms with van der Waals surface area (Å²) in [5.41, 5.74) is 4.47. The molecule has 0 spiro atoms. The van der Waals surface area contributed by atoms with E-state index < -0.39 is 0 Å². The first-order chi connectivity index (χ1) is 10.6. The predicted octanol–water partition coefficient (Wildman–Crippen LogP) is 4.34. The van der Waals surface area contributed by atoms with Gasteiger partial charge in [0.15, 0.2) is 0 Å². The van der Waals surface area contributed by atoms with Gasteiger partial charge in [0.2, 0.25) is 0 Å². The molecule has 0 bridgehead atoms. The van der Waals surface area contributed by atoms with Crippen molar-refractivity contribution in [1.29, 1.82) is 0 Å². The number of hydrogen-bond acceptors (Lipinski definition) is 3. The fraction of sp³-hybridized carbons (Fsp3) is 0.421. The van der Waals surface area contributed by atoms with Crippen LogP contribution < -0.4 is 10.1 Å². The van der Waals surface area contributed by atoms with Crippen LogP contribution in [0.1, 0.15) is 38.4 Å². The summed E-state index contributed by atoms with van der Waals surface area (Å²) < 4.78 is 5.67. The van der Waals surface area contributed by atoms with E-state index in [1.165, 1.54) is 5.56 Å². The number of nitrogens with zero attached hydrogens (tertiary/aromatic N) is 1. The first-order valence-corrected chi connectivity index (χ1v) is 8.04. The van der Waals surface area contributed by atoms with E-state index in [4.69, 9.17) is 9.72 Å². The average Bonchev–Trinajstić information content (AvgIpc) is 2.49. The molecule has 2 aromatic rings. The molecule has 3 heteroatoms. The van der Waals surface area contributed by atoms with Gasteiger partial charge in [-0.25, -0.2) is 0 Å². The maximum Gasteiger partial charge on any atom is 0.119 e. The molecule has 0 fully saturated rings. The summed E-state index contributed by atoms with van der Waals surface area (Å²) in [7, 11) is 0. The highest BCUT2D eigenvalue weighted by atomic mass is 16.5. The van der Waals surface area contributed by atoms with Gasteiger partial charge < -0.3 is 10.1 Å². The van der Waals surface area contributed by atoms with E-state index in [2.05, 4.69) is 43.4 Å². The Hall–Kier alpha value is -1.87. The number of hydrogen-bond donors (Lipinski definition) is 1. The second kappa shape index (κ2) is 7.95. The topological polar surface area (TPSA) is 34.1 Å². The molecule has 0 saturated carbocycles. The van der Waals surface area contributed by atoms with E-state index in [0.29, 0.717) is 0 Å². The summed E-state index contributed by atoms with van der Waals surface area (Å²) in [4.78, 5) is 4.73. The molecule has 3 nitrogen and oxygen atoms in total. The van der Waals surface area contributed by atoms with Crippen molar-refractivity contribution >= 4 is 0 Å². The highest BCUT2D eigenvalue weighted by Crippen LogP contribution is 2.22. The predicted molar refractivity (Wildman–Crippen MR) is 92.2 cm³/mol. The van der Waals surface area contributed by atoms with Gasteiger partial charge in [0.25, 0.3) is 0 Å². The summed E-state index contributed by atoms with van der Waals surface area (Å²) in [5, 5.41) is 3.42. The van der Waals surface area contributed by atoms with Crippen LogP contribution in [0.5, 0.6) is 5.75 Å². The summed E-state index contributed by atoms with van der Waals surface area (Å²) in [6.07, 6.45) is 1.34. The summed E-state index contributed by atoms with van der Waals surface area (Å²) in [6, 6.07) is 12.4. The van der Waals surface area contributed by atoms with Crippen molar-refractivity contribution < 1.29 is 4.74 Å². The van der Waals surface area contributed by atoms with Gasteiger partial charge in [-0.3, -0.25) is 4.98 Å². The molecule has 1 aromatic carbocycles. The Morgan fingerprint density at radius 3 is 2.41 bits per heavy atom. The van der Waals surface area contributed by atoms with Crippen molar-refractivity contribution in [1.82, 2.24) is 10.3 Å². The van der Waals surface area contributed by atoms with Crippen LogP contribution >= 0.6 is 0 Å².